The average molecular weight is 495 g/mol. The van der Waals surface area contributed by atoms with E-state index in [1.165, 1.54) is 12.1 Å². The second kappa shape index (κ2) is 8.86. The summed E-state index contributed by atoms with van der Waals surface area (Å²) < 4.78 is 39.5. The van der Waals surface area contributed by atoms with Gasteiger partial charge in [-0.2, -0.15) is 0 Å². The Bertz CT molecular complexity index is 1450. The summed E-state index contributed by atoms with van der Waals surface area (Å²) in [5.41, 5.74) is 8.23. The standard InChI is InChI=1S/C24H19ClN4O4S/c25-16-4-10-19(11-5-16)33-20-2-1-3-21(14-20)34(30,31)28-17-6-8-18(9-7-17)29-15-27-24-22(23(29)26)12-13-32-24/h1-15,23,28H,26H2. The molecule has 1 aliphatic rings. The van der Waals surface area contributed by atoms with E-state index >= 15 is 0 Å². The summed E-state index contributed by atoms with van der Waals surface area (Å²) in [7, 11) is -3.84. The number of furan rings is 1. The van der Waals surface area contributed by atoms with Crippen LogP contribution >= 0.6 is 11.6 Å². The number of sulfonamides is 1. The smallest absolute Gasteiger partial charge is 0.262 e. The third-order valence-corrected chi connectivity index (χ3v) is 6.81. The van der Waals surface area contributed by atoms with Crippen LogP contribution in [0.4, 0.5) is 17.3 Å². The van der Waals surface area contributed by atoms with Crippen molar-refractivity contribution >= 4 is 45.2 Å². The lowest BCUT2D eigenvalue weighted by Crippen LogP contribution is -2.35. The van der Waals surface area contributed by atoms with Gasteiger partial charge in [0.15, 0.2) is 0 Å². The lowest BCUT2D eigenvalue weighted by atomic mass is 10.2. The Labute approximate surface area is 201 Å². The largest absolute Gasteiger partial charge is 0.457 e. The zero-order chi connectivity index (χ0) is 23.7. The third kappa shape index (κ3) is 4.49. The molecule has 0 radical (unpaired) electrons. The van der Waals surface area contributed by atoms with Crippen LogP contribution in [0.2, 0.25) is 5.02 Å². The van der Waals surface area contributed by atoms with Gasteiger partial charge in [0.25, 0.3) is 10.0 Å². The Balaban J connectivity index is 1.31. The van der Waals surface area contributed by atoms with Gasteiger partial charge in [0, 0.05) is 22.5 Å². The highest BCUT2D eigenvalue weighted by molar-refractivity contribution is 7.92. The predicted molar refractivity (Wildman–Crippen MR) is 131 cm³/mol. The second-order valence-corrected chi connectivity index (χ2v) is 9.58. The Hall–Kier alpha value is -3.79. The van der Waals surface area contributed by atoms with Crippen LogP contribution in [0.3, 0.4) is 0 Å². The molecular weight excluding hydrogens is 476 g/mol. The van der Waals surface area contributed by atoms with E-state index < -0.39 is 16.2 Å². The number of hydrogen-bond donors (Lipinski definition) is 2. The van der Waals surface area contributed by atoms with Gasteiger partial charge in [-0.3, -0.25) is 4.72 Å². The minimum atomic E-state index is -3.84. The molecule has 0 amide bonds. The minimum absolute atomic E-state index is 0.0701. The molecule has 1 unspecified atom stereocenters. The van der Waals surface area contributed by atoms with Crippen molar-refractivity contribution in [2.75, 3.05) is 9.62 Å². The summed E-state index contributed by atoms with van der Waals surface area (Å²) in [6, 6.07) is 21.7. The van der Waals surface area contributed by atoms with E-state index in [0.717, 1.165) is 11.3 Å². The van der Waals surface area contributed by atoms with Gasteiger partial charge in [0.1, 0.15) is 24.0 Å². The normalized spacial score (nSPS) is 15.1. The highest BCUT2D eigenvalue weighted by Gasteiger charge is 2.24. The highest BCUT2D eigenvalue weighted by Crippen LogP contribution is 2.34. The maximum atomic E-state index is 13.0. The monoisotopic (exact) mass is 494 g/mol. The van der Waals surface area contributed by atoms with Gasteiger partial charge in [-0.25, -0.2) is 13.4 Å². The van der Waals surface area contributed by atoms with Crippen molar-refractivity contribution in [3.8, 4) is 11.5 Å². The molecule has 0 fully saturated rings. The molecule has 3 aromatic carbocycles. The van der Waals surface area contributed by atoms with Crippen LogP contribution in [-0.4, -0.2) is 14.8 Å². The molecule has 0 aliphatic carbocycles. The number of rotatable bonds is 6. The molecule has 34 heavy (non-hydrogen) atoms. The van der Waals surface area contributed by atoms with E-state index in [1.54, 1.807) is 84.2 Å². The van der Waals surface area contributed by atoms with Crippen LogP contribution in [0.15, 0.2) is 99.4 Å². The molecule has 2 heterocycles. The van der Waals surface area contributed by atoms with Crippen molar-refractivity contribution in [2.24, 2.45) is 10.7 Å². The van der Waals surface area contributed by atoms with Gasteiger partial charge in [-0.15, -0.1) is 0 Å². The van der Waals surface area contributed by atoms with Crippen LogP contribution in [-0.2, 0) is 10.0 Å². The molecule has 0 saturated carbocycles. The molecular formula is C24H19ClN4O4S. The van der Waals surface area contributed by atoms with Crippen molar-refractivity contribution < 1.29 is 17.6 Å². The van der Waals surface area contributed by atoms with E-state index in [2.05, 4.69) is 9.71 Å². The number of aliphatic imine (C=N–C) groups is 1. The molecule has 0 saturated heterocycles. The number of benzene rings is 3. The van der Waals surface area contributed by atoms with E-state index in [1.807, 2.05) is 0 Å². The molecule has 10 heteroatoms. The fraction of sp³-hybridized carbons (Fsp3) is 0.0417. The molecule has 3 N–H and O–H groups in total. The summed E-state index contributed by atoms with van der Waals surface area (Å²) in [4.78, 5) is 6.09. The van der Waals surface area contributed by atoms with Gasteiger partial charge < -0.3 is 19.8 Å². The number of nitrogens with zero attached hydrogens (tertiary/aromatic N) is 2. The first-order chi connectivity index (χ1) is 16.4. The fourth-order valence-electron chi connectivity index (χ4n) is 3.46. The first-order valence-electron chi connectivity index (χ1n) is 10.2. The maximum absolute atomic E-state index is 13.0. The molecule has 8 nitrogen and oxygen atoms in total. The summed E-state index contributed by atoms with van der Waals surface area (Å²) in [5.74, 6) is 1.41. The first kappa shape index (κ1) is 22.0. The molecule has 172 valence electrons. The molecule has 1 atom stereocenters. The summed E-state index contributed by atoms with van der Waals surface area (Å²) in [6.45, 7) is 0. The van der Waals surface area contributed by atoms with Gasteiger partial charge in [-0.1, -0.05) is 17.7 Å². The first-order valence-corrected chi connectivity index (χ1v) is 12.1. The lowest BCUT2D eigenvalue weighted by Gasteiger charge is -2.29. The molecule has 1 aliphatic heterocycles. The summed E-state index contributed by atoms with van der Waals surface area (Å²) in [6.07, 6.45) is 2.66. The van der Waals surface area contributed by atoms with Crippen LogP contribution in [0, 0.1) is 0 Å². The zero-order valence-corrected chi connectivity index (χ0v) is 19.2. The van der Waals surface area contributed by atoms with Gasteiger partial charge >= 0.3 is 0 Å². The number of ether oxygens (including phenoxy) is 1. The van der Waals surface area contributed by atoms with Crippen LogP contribution in [0.5, 0.6) is 11.5 Å². The Morgan fingerprint density at radius 3 is 2.53 bits per heavy atom. The maximum Gasteiger partial charge on any atom is 0.262 e. The van der Waals surface area contributed by atoms with Crippen LogP contribution in [0.1, 0.15) is 11.7 Å². The quantitative estimate of drug-likeness (QED) is 0.357. The number of halogens is 1. The molecule has 0 spiro atoms. The van der Waals surface area contributed by atoms with E-state index in [4.69, 9.17) is 26.5 Å². The van der Waals surface area contributed by atoms with Crippen LogP contribution in [0.25, 0.3) is 0 Å². The van der Waals surface area contributed by atoms with Gasteiger partial charge in [-0.05, 0) is 66.7 Å². The fourth-order valence-corrected chi connectivity index (χ4v) is 4.68. The van der Waals surface area contributed by atoms with Gasteiger partial charge in [0.05, 0.1) is 16.7 Å². The van der Waals surface area contributed by atoms with Crippen molar-refractivity contribution in [1.29, 1.82) is 0 Å². The summed E-state index contributed by atoms with van der Waals surface area (Å²) in [5, 5.41) is 0.583. The van der Waals surface area contributed by atoms with E-state index in [-0.39, 0.29) is 4.90 Å². The third-order valence-electron chi connectivity index (χ3n) is 5.17. The lowest BCUT2D eigenvalue weighted by molar-refractivity contribution is 0.481. The number of fused-ring (bicyclic) bond motifs is 1. The van der Waals surface area contributed by atoms with Crippen molar-refractivity contribution in [3.05, 3.63) is 95.7 Å². The summed E-state index contributed by atoms with van der Waals surface area (Å²) >= 11 is 5.89. The molecule has 5 rings (SSSR count). The van der Waals surface area contributed by atoms with Gasteiger partial charge in [0.2, 0.25) is 5.88 Å². The molecule has 0 bridgehead atoms. The minimum Gasteiger partial charge on any atom is -0.457 e. The molecule has 1 aromatic heterocycles. The number of nitrogens with two attached hydrogens (primary N) is 1. The highest BCUT2D eigenvalue weighted by atomic mass is 35.5. The average Bonchev–Trinajstić information content (AvgIpc) is 3.32. The second-order valence-electron chi connectivity index (χ2n) is 7.46. The number of nitrogens with one attached hydrogen (secondary N) is 1. The Morgan fingerprint density at radius 2 is 1.76 bits per heavy atom. The SMILES string of the molecule is NC1c2ccoc2N=CN1c1ccc(NS(=O)(=O)c2cccc(Oc3ccc(Cl)cc3)c2)cc1. The Kier molecular flexibility index (Phi) is 5.74. The van der Waals surface area contributed by atoms with E-state index in [0.29, 0.717) is 28.1 Å². The van der Waals surface area contributed by atoms with Crippen molar-refractivity contribution in [3.63, 3.8) is 0 Å². The number of anilines is 2. The molecule has 4 aromatic rings. The topological polar surface area (TPSA) is 110 Å². The van der Waals surface area contributed by atoms with Crippen molar-refractivity contribution in [2.45, 2.75) is 11.1 Å². The van der Waals surface area contributed by atoms with Crippen molar-refractivity contribution in [1.82, 2.24) is 0 Å². The zero-order valence-electron chi connectivity index (χ0n) is 17.6. The van der Waals surface area contributed by atoms with E-state index in [9.17, 15) is 8.42 Å². The Morgan fingerprint density at radius 1 is 1.00 bits per heavy atom. The number of hydrogen-bond acceptors (Lipinski definition) is 7. The van der Waals surface area contributed by atoms with Crippen LogP contribution < -0.4 is 20.1 Å². The predicted octanol–water partition coefficient (Wildman–Crippen LogP) is 5.66.